The van der Waals surface area contributed by atoms with E-state index in [1.165, 1.54) is 36.3 Å². The Morgan fingerprint density at radius 2 is 1.95 bits per heavy atom. The number of nitrogens with zero attached hydrogens (tertiary/aromatic N) is 1. The van der Waals surface area contributed by atoms with Crippen LogP contribution in [0.4, 0.5) is 5.69 Å². The number of anilines is 1. The van der Waals surface area contributed by atoms with Gasteiger partial charge >= 0.3 is 0 Å². The number of hydrogen-bond donors (Lipinski definition) is 2. The Morgan fingerprint density at radius 3 is 2.74 bits per heavy atom. The van der Waals surface area contributed by atoms with E-state index in [2.05, 4.69) is 47.6 Å². The Morgan fingerprint density at radius 1 is 1.16 bits per heavy atom. The third kappa shape index (κ3) is 2.77. The smallest absolute Gasteiger partial charge is 0.0373 e. The molecule has 1 saturated heterocycles. The molecular formula is C16H25N3. The summed E-state index contributed by atoms with van der Waals surface area (Å²) in [6, 6.07) is 6.98. The molecule has 2 N–H and O–H groups in total. The first-order chi connectivity index (χ1) is 9.15. The van der Waals surface area contributed by atoms with E-state index in [1.807, 2.05) is 0 Å². The summed E-state index contributed by atoms with van der Waals surface area (Å²) in [5.41, 5.74) is 4.54. The van der Waals surface area contributed by atoms with Crippen LogP contribution in [0.1, 0.15) is 25.0 Å². The third-order valence-corrected chi connectivity index (χ3v) is 4.43. The molecule has 2 heterocycles. The fourth-order valence-electron chi connectivity index (χ4n) is 3.25. The zero-order valence-electron chi connectivity index (χ0n) is 12.1. The second kappa shape index (κ2) is 5.14. The topological polar surface area (TPSA) is 27.3 Å². The summed E-state index contributed by atoms with van der Waals surface area (Å²) in [5.74, 6) is 0. The summed E-state index contributed by atoms with van der Waals surface area (Å²) in [6.45, 7) is 11.6. The minimum absolute atomic E-state index is 0.231. The average molecular weight is 259 g/mol. The molecule has 2 aliphatic heterocycles. The van der Waals surface area contributed by atoms with Crippen molar-refractivity contribution in [3.63, 3.8) is 0 Å². The zero-order valence-corrected chi connectivity index (χ0v) is 12.1. The van der Waals surface area contributed by atoms with Crippen molar-refractivity contribution in [3.8, 4) is 0 Å². The van der Waals surface area contributed by atoms with Gasteiger partial charge in [-0.05, 0) is 23.6 Å². The molecule has 0 atom stereocenters. The molecule has 0 spiro atoms. The maximum absolute atomic E-state index is 3.44. The van der Waals surface area contributed by atoms with E-state index >= 15 is 0 Å². The van der Waals surface area contributed by atoms with Gasteiger partial charge in [0, 0.05) is 50.4 Å². The van der Waals surface area contributed by atoms with Crippen LogP contribution in [0, 0.1) is 0 Å². The molecular weight excluding hydrogens is 234 g/mol. The van der Waals surface area contributed by atoms with Gasteiger partial charge in [0.25, 0.3) is 0 Å². The van der Waals surface area contributed by atoms with Crippen LogP contribution in [0.15, 0.2) is 18.2 Å². The van der Waals surface area contributed by atoms with Gasteiger partial charge in [0.1, 0.15) is 0 Å². The second-order valence-corrected chi connectivity index (χ2v) is 6.46. The summed E-state index contributed by atoms with van der Waals surface area (Å²) in [6.07, 6.45) is 1.17. The first kappa shape index (κ1) is 12.9. The number of hydrogen-bond acceptors (Lipinski definition) is 3. The summed E-state index contributed by atoms with van der Waals surface area (Å²) in [4.78, 5) is 2.59. The molecule has 104 valence electrons. The monoisotopic (exact) mass is 259 g/mol. The lowest BCUT2D eigenvalue weighted by molar-refractivity contribution is 0.200. The molecule has 0 unspecified atom stereocenters. The van der Waals surface area contributed by atoms with Crippen LogP contribution >= 0.6 is 0 Å². The van der Waals surface area contributed by atoms with E-state index in [9.17, 15) is 0 Å². The van der Waals surface area contributed by atoms with Gasteiger partial charge < -0.3 is 10.6 Å². The van der Waals surface area contributed by atoms with Gasteiger partial charge in [-0.2, -0.15) is 0 Å². The van der Waals surface area contributed by atoms with E-state index in [4.69, 9.17) is 0 Å². The molecule has 19 heavy (non-hydrogen) atoms. The molecule has 3 heteroatoms. The van der Waals surface area contributed by atoms with Crippen molar-refractivity contribution in [2.75, 3.05) is 44.6 Å². The molecule has 1 fully saturated rings. The minimum atomic E-state index is 0.231. The first-order valence-corrected chi connectivity index (χ1v) is 7.45. The van der Waals surface area contributed by atoms with Crippen LogP contribution < -0.4 is 10.6 Å². The van der Waals surface area contributed by atoms with E-state index in [0.29, 0.717) is 0 Å². The molecule has 2 aliphatic rings. The third-order valence-electron chi connectivity index (χ3n) is 4.43. The molecule has 1 aromatic rings. The molecule has 0 aromatic heterocycles. The lowest BCUT2D eigenvalue weighted by atomic mass is 9.83. The SMILES string of the molecule is CC(C)(CN1CCNCC1)c1ccc2c(c1)CCN2. The van der Waals surface area contributed by atoms with Gasteiger partial charge in [-0.15, -0.1) is 0 Å². The summed E-state index contributed by atoms with van der Waals surface area (Å²) in [7, 11) is 0. The van der Waals surface area contributed by atoms with Crippen molar-refractivity contribution in [2.45, 2.75) is 25.7 Å². The number of rotatable bonds is 3. The number of fused-ring (bicyclic) bond motifs is 1. The highest BCUT2D eigenvalue weighted by atomic mass is 15.2. The molecule has 0 bridgehead atoms. The summed E-state index contributed by atoms with van der Waals surface area (Å²) >= 11 is 0. The van der Waals surface area contributed by atoms with Crippen molar-refractivity contribution in [1.82, 2.24) is 10.2 Å². The first-order valence-electron chi connectivity index (χ1n) is 7.45. The highest BCUT2D eigenvalue weighted by molar-refractivity contribution is 5.57. The van der Waals surface area contributed by atoms with Gasteiger partial charge in [-0.25, -0.2) is 0 Å². The molecule has 1 aromatic carbocycles. The second-order valence-electron chi connectivity index (χ2n) is 6.46. The Labute approximate surface area is 116 Å². The fraction of sp³-hybridized carbons (Fsp3) is 0.625. The van der Waals surface area contributed by atoms with Crippen LogP contribution in [0.25, 0.3) is 0 Å². The highest BCUT2D eigenvalue weighted by Crippen LogP contribution is 2.30. The van der Waals surface area contributed by atoms with Crippen molar-refractivity contribution < 1.29 is 0 Å². The van der Waals surface area contributed by atoms with Crippen molar-refractivity contribution >= 4 is 5.69 Å². The van der Waals surface area contributed by atoms with Crippen LogP contribution in [-0.4, -0.2) is 44.2 Å². The van der Waals surface area contributed by atoms with E-state index < -0.39 is 0 Å². The predicted octanol–water partition coefficient (Wildman–Crippen LogP) is 1.84. The minimum Gasteiger partial charge on any atom is -0.384 e. The molecule has 3 nitrogen and oxygen atoms in total. The van der Waals surface area contributed by atoms with Gasteiger partial charge in [-0.3, -0.25) is 4.90 Å². The summed E-state index contributed by atoms with van der Waals surface area (Å²) in [5, 5.41) is 6.87. The van der Waals surface area contributed by atoms with Crippen LogP contribution in [0.3, 0.4) is 0 Å². The van der Waals surface area contributed by atoms with Crippen LogP contribution in [-0.2, 0) is 11.8 Å². The molecule has 0 saturated carbocycles. The lowest BCUT2D eigenvalue weighted by Gasteiger charge is -2.35. The number of benzene rings is 1. The maximum Gasteiger partial charge on any atom is 0.0373 e. The van der Waals surface area contributed by atoms with Gasteiger partial charge in [0.2, 0.25) is 0 Å². The number of nitrogens with one attached hydrogen (secondary N) is 2. The molecule has 3 rings (SSSR count). The maximum atomic E-state index is 3.44. The molecule has 0 aliphatic carbocycles. The van der Waals surface area contributed by atoms with Crippen molar-refractivity contribution in [3.05, 3.63) is 29.3 Å². The van der Waals surface area contributed by atoms with Crippen molar-refractivity contribution in [1.29, 1.82) is 0 Å². The van der Waals surface area contributed by atoms with Crippen LogP contribution in [0.5, 0.6) is 0 Å². The van der Waals surface area contributed by atoms with Crippen molar-refractivity contribution in [2.24, 2.45) is 0 Å². The van der Waals surface area contributed by atoms with E-state index in [-0.39, 0.29) is 5.41 Å². The average Bonchev–Trinajstić information content (AvgIpc) is 2.86. The molecule has 0 radical (unpaired) electrons. The molecule has 0 amide bonds. The Hall–Kier alpha value is -1.06. The summed E-state index contributed by atoms with van der Waals surface area (Å²) < 4.78 is 0. The highest BCUT2D eigenvalue weighted by Gasteiger charge is 2.26. The fourth-order valence-corrected chi connectivity index (χ4v) is 3.25. The van der Waals surface area contributed by atoms with Gasteiger partial charge in [-0.1, -0.05) is 26.0 Å². The Bertz CT molecular complexity index is 447. The predicted molar refractivity (Wildman–Crippen MR) is 81.0 cm³/mol. The lowest BCUT2D eigenvalue weighted by Crippen LogP contribution is -2.47. The van der Waals surface area contributed by atoms with E-state index in [1.54, 1.807) is 0 Å². The standard InChI is InChI=1S/C16H25N3/c1-16(2,12-19-9-7-17-8-10-19)14-3-4-15-13(11-14)5-6-18-15/h3-4,11,17-18H,5-10,12H2,1-2H3. The Balaban J connectivity index is 1.75. The largest absolute Gasteiger partial charge is 0.384 e. The zero-order chi connectivity index (χ0) is 13.3. The quantitative estimate of drug-likeness (QED) is 0.867. The normalized spacial score (nSPS) is 20.1. The van der Waals surface area contributed by atoms with Crippen LogP contribution in [0.2, 0.25) is 0 Å². The van der Waals surface area contributed by atoms with E-state index in [0.717, 1.165) is 26.2 Å². The Kier molecular flexibility index (Phi) is 3.50. The van der Waals surface area contributed by atoms with Gasteiger partial charge in [0.15, 0.2) is 0 Å². The van der Waals surface area contributed by atoms with Gasteiger partial charge in [0.05, 0.1) is 0 Å². The number of piperazine rings is 1.